The van der Waals surface area contributed by atoms with Gasteiger partial charge in [-0.15, -0.1) is 0 Å². The molecule has 0 fully saturated rings. The van der Waals surface area contributed by atoms with Crippen LogP contribution in [-0.2, 0) is 0 Å². The zero-order valence-electron chi connectivity index (χ0n) is 10.7. The van der Waals surface area contributed by atoms with E-state index in [0.717, 1.165) is 10.9 Å². The summed E-state index contributed by atoms with van der Waals surface area (Å²) in [5.41, 5.74) is 2.55. The van der Waals surface area contributed by atoms with Gasteiger partial charge in [-0.25, -0.2) is 0 Å². The van der Waals surface area contributed by atoms with Crippen LogP contribution in [0.5, 0.6) is 0 Å². The summed E-state index contributed by atoms with van der Waals surface area (Å²) in [6, 6.07) is 8.94. The van der Waals surface area contributed by atoms with Gasteiger partial charge < -0.3 is 5.32 Å². The van der Waals surface area contributed by atoms with Crippen molar-refractivity contribution in [3.8, 4) is 0 Å². The van der Waals surface area contributed by atoms with Gasteiger partial charge in [-0.2, -0.15) is 0 Å². The monoisotopic (exact) mass is 248 g/mol. The zero-order chi connectivity index (χ0) is 12.3. The molecule has 2 rings (SSSR count). The molecule has 1 heterocycles. The lowest BCUT2D eigenvalue weighted by Crippen LogP contribution is -2.18. The van der Waals surface area contributed by atoms with Gasteiger partial charge in [0.05, 0.1) is 6.04 Å². The van der Waals surface area contributed by atoms with Crippen molar-refractivity contribution in [2.24, 2.45) is 4.99 Å². The third-order valence-corrected chi connectivity index (χ3v) is 3.86. The number of benzene rings is 1. The molecule has 92 valence electrons. The largest absolute Gasteiger partial charge is 0.335 e. The second-order valence-corrected chi connectivity index (χ2v) is 5.87. The maximum Gasteiger partial charge on any atom is 0.161 e. The van der Waals surface area contributed by atoms with E-state index >= 15 is 0 Å². The molecule has 0 aliphatic carbocycles. The van der Waals surface area contributed by atoms with Crippen molar-refractivity contribution in [2.45, 2.75) is 39.2 Å². The van der Waals surface area contributed by atoms with Crippen LogP contribution in [0.2, 0.25) is 0 Å². The maximum atomic E-state index is 4.65. The summed E-state index contributed by atoms with van der Waals surface area (Å²) in [7, 11) is 0. The molecule has 1 aromatic rings. The molecule has 0 amide bonds. The summed E-state index contributed by atoms with van der Waals surface area (Å²) in [6.45, 7) is 6.62. The number of hydrogen-bond acceptors (Lipinski definition) is 3. The molecule has 0 aromatic heterocycles. The van der Waals surface area contributed by atoms with E-state index in [-0.39, 0.29) is 0 Å². The second kappa shape index (κ2) is 5.58. The highest BCUT2D eigenvalue weighted by Crippen LogP contribution is 2.26. The number of hydrogen-bond donors (Lipinski definition) is 1. The lowest BCUT2D eigenvalue weighted by Gasteiger charge is -2.20. The third kappa shape index (κ3) is 3.25. The molecule has 0 saturated heterocycles. The van der Waals surface area contributed by atoms with Gasteiger partial charge in [0.15, 0.2) is 5.17 Å². The summed E-state index contributed by atoms with van der Waals surface area (Å²) in [5.74, 6) is 1.70. The van der Waals surface area contributed by atoms with E-state index in [2.05, 4.69) is 55.3 Å². The number of rotatable bonds is 2. The average Bonchev–Trinajstić information content (AvgIpc) is 2.29. The van der Waals surface area contributed by atoms with Crippen LogP contribution < -0.4 is 5.32 Å². The molecule has 1 aliphatic heterocycles. The minimum absolute atomic E-state index is 0.449. The Balaban J connectivity index is 2.18. The first-order chi connectivity index (χ1) is 8.16. The quantitative estimate of drug-likeness (QED) is 0.852. The molecular weight excluding hydrogens is 228 g/mol. The predicted molar refractivity (Wildman–Crippen MR) is 78.1 cm³/mol. The van der Waals surface area contributed by atoms with Crippen LogP contribution in [0.25, 0.3) is 0 Å². The second-order valence-electron chi connectivity index (χ2n) is 4.79. The first-order valence-corrected chi connectivity index (χ1v) is 7.22. The number of nitrogens with one attached hydrogen (secondary N) is 1. The molecule has 1 unspecified atom stereocenters. The van der Waals surface area contributed by atoms with Crippen LogP contribution in [0.15, 0.2) is 29.3 Å². The minimum atomic E-state index is 0.449. The fourth-order valence-corrected chi connectivity index (χ4v) is 3.01. The molecule has 1 N–H and O–H groups in total. The van der Waals surface area contributed by atoms with Crippen LogP contribution in [0.3, 0.4) is 0 Å². The van der Waals surface area contributed by atoms with E-state index < -0.39 is 0 Å². The number of nitrogens with zero attached hydrogens (tertiary/aromatic N) is 1. The Bertz CT molecular complexity index is 412. The molecule has 0 radical (unpaired) electrons. The van der Waals surface area contributed by atoms with Crippen molar-refractivity contribution in [2.75, 3.05) is 11.1 Å². The highest BCUT2D eigenvalue weighted by atomic mass is 32.2. The molecule has 0 saturated carbocycles. The van der Waals surface area contributed by atoms with Crippen LogP contribution in [-0.4, -0.2) is 17.0 Å². The van der Waals surface area contributed by atoms with E-state index in [1.807, 2.05) is 11.8 Å². The Morgan fingerprint density at radius 2 is 2.12 bits per heavy atom. The topological polar surface area (TPSA) is 24.4 Å². The van der Waals surface area contributed by atoms with Crippen LogP contribution in [0.4, 0.5) is 5.69 Å². The first-order valence-electron chi connectivity index (χ1n) is 6.23. The number of thioether (sulfide) groups is 1. The molecular formula is C14H20N2S. The Morgan fingerprint density at radius 3 is 2.82 bits per heavy atom. The van der Waals surface area contributed by atoms with E-state index in [9.17, 15) is 0 Å². The summed E-state index contributed by atoms with van der Waals surface area (Å²) in [4.78, 5) is 4.65. The number of aliphatic imine (C=N–C) groups is 1. The zero-order valence-corrected chi connectivity index (χ0v) is 11.6. The lowest BCUT2D eigenvalue weighted by atomic mass is 10.0. The molecule has 0 spiro atoms. The van der Waals surface area contributed by atoms with Crippen molar-refractivity contribution >= 4 is 22.6 Å². The molecule has 1 aromatic carbocycles. The smallest absolute Gasteiger partial charge is 0.161 e. The Hall–Kier alpha value is -0.960. The molecule has 0 bridgehead atoms. The third-order valence-electron chi connectivity index (χ3n) is 2.94. The van der Waals surface area contributed by atoms with E-state index in [1.54, 1.807) is 0 Å². The highest BCUT2D eigenvalue weighted by Gasteiger charge is 2.13. The molecule has 3 heteroatoms. The van der Waals surface area contributed by atoms with Crippen molar-refractivity contribution < 1.29 is 0 Å². The van der Waals surface area contributed by atoms with Gasteiger partial charge >= 0.3 is 0 Å². The van der Waals surface area contributed by atoms with Crippen LogP contribution in [0, 0.1) is 0 Å². The van der Waals surface area contributed by atoms with Crippen molar-refractivity contribution in [3.63, 3.8) is 0 Å². The lowest BCUT2D eigenvalue weighted by molar-refractivity contribution is 0.720. The molecule has 17 heavy (non-hydrogen) atoms. The van der Waals surface area contributed by atoms with Crippen molar-refractivity contribution in [1.82, 2.24) is 0 Å². The summed E-state index contributed by atoms with van der Waals surface area (Å²) in [6.07, 6.45) is 1.18. The Labute approximate surface area is 108 Å². The molecule has 2 nitrogen and oxygen atoms in total. The first kappa shape index (κ1) is 12.5. The van der Waals surface area contributed by atoms with Gasteiger partial charge in [-0.1, -0.05) is 43.8 Å². The van der Waals surface area contributed by atoms with Crippen molar-refractivity contribution in [3.05, 3.63) is 29.8 Å². The molecule has 1 aliphatic rings. The minimum Gasteiger partial charge on any atom is -0.335 e. The fourth-order valence-electron chi connectivity index (χ4n) is 1.93. The van der Waals surface area contributed by atoms with E-state index in [4.69, 9.17) is 0 Å². The summed E-state index contributed by atoms with van der Waals surface area (Å²) in [5, 5.41) is 4.54. The van der Waals surface area contributed by atoms with Gasteiger partial charge in [-0.05, 0) is 30.9 Å². The van der Waals surface area contributed by atoms with Gasteiger partial charge in [0.25, 0.3) is 0 Å². The predicted octanol–water partition coefficient (Wildman–Crippen LogP) is 4.10. The van der Waals surface area contributed by atoms with Crippen LogP contribution in [0.1, 0.15) is 38.7 Å². The maximum absolute atomic E-state index is 4.65. The van der Waals surface area contributed by atoms with Gasteiger partial charge in [0.1, 0.15) is 0 Å². The summed E-state index contributed by atoms with van der Waals surface area (Å²) < 4.78 is 0. The Kier molecular flexibility index (Phi) is 4.11. The SMILES string of the molecule is CC1CCSC(Nc2ccccc2C(C)C)=N1. The van der Waals surface area contributed by atoms with Gasteiger partial charge in [0, 0.05) is 11.4 Å². The van der Waals surface area contributed by atoms with E-state index in [0.29, 0.717) is 12.0 Å². The summed E-state index contributed by atoms with van der Waals surface area (Å²) >= 11 is 1.82. The standard InChI is InChI=1S/C14H20N2S/c1-10(2)12-6-4-5-7-13(12)16-14-15-11(3)8-9-17-14/h4-7,10-11H,8-9H2,1-3H3,(H,15,16). The average molecular weight is 248 g/mol. The fraction of sp³-hybridized carbons (Fsp3) is 0.500. The molecule has 1 atom stereocenters. The van der Waals surface area contributed by atoms with Crippen LogP contribution >= 0.6 is 11.8 Å². The highest BCUT2D eigenvalue weighted by molar-refractivity contribution is 8.14. The number of anilines is 1. The van der Waals surface area contributed by atoms with Gasteiger partial charge in [0.2, 0.25) is 0 Å². The number of para-hydroxylation sites is 1. The van der Waals surface area contributed by atoms with Crippen molar-refractivity contribution in [1.29, 1.82) is 0 Å². The Morgan fingerprint density at radius 1 is 1.35 bits per heavy atom. The van der Waals surface area contributed by atoms with Gasteiger partial charge in [-0.3, -0.25) is 4.99 Å². The number of amidine groups is 1. The van der Waals surface area contributed by atoms with E-state index in [1.165, 1.54) is 17.7 Å². The normalized spacial score (nSPS) is 20.2.